The molecule has 1 N–H and O–H groups in total. The summed E-state index contributed by atoms with van der Waals surface area (Å²) in [4.78, 5) is 12.1. The Morgan fingerprint density at radius 1 is 1.11 bits per heavy atom. The second-order valence-corrected chi connectivity index (χ2v) is 7.42. The van der Waals surface area contributed by atoms with Crippen LogP contribution in [0.5, 0.6) is 0 Å². The minimum atomic E-state index is -0.286. The lowest BCUT2D eigenvalue weighted by atomic mass is 10.1. The zero-order valence-corrected chi connectivity index (χ0v) is 16.2. The first kappa shape index (κ1) is 19.3. The van der Waals surface area contributed by atoms with Gasteiger partial charge in [-0.15, -0.1) is 10.2 Å². The maximum atomic E-state index is 13.2. The largest absolute Gasteiger partial charge is 0.353 e. The van der Waals surface area contributed by atoms with Gasteiger partial charge in [-0.3, -0.25) is 4.79 Å². The Morgan fingerprint density at radius 3 is 2.52 bits per heavy atom. The second-order valence-electron chi connectivity index (χ2n) is 6.45. The fourth-order valence-electron chi connectivity index (χ4n) is 2.96. The van der Waals surface area contributed by atoms with Crippen LogP contribution in [0.3, 0.4) is 0 Å². The summed E-state index contributed by atoms with van der Waals surface area (Å²) in [6.07, 6.45) is 2.00. The molecule has 0 aliphatic rings. The molecule has 2 aromatic carbocycles. The molecule has 0 unspecified atom stereocenters. The first-order chi connectivity index (χ1) is 13.1. The van der Waals surface area contributed by atoms with Gasteiger partial charge in [0.15, 0.2) is 0 Å². The van der Waals surface area contributed by atoms with Gasteiger partial charge in [-0.05, 0) is 37.6 Å². The smallest absolute Gasteiger partial charge is 0.230 e. The van der Waals surface area contributed by atoms with Gasteiger partial charge in [-0.25, -0.2) is 4.39 Å². The number of rotatable bonds is 7. The van der Waals surface area contributed by atoms with Gasteiger partial charge in [-0.1, -0.05) is 49.4 Å². The summed E-state index contributed by atoms with van der Waals surface area (Å²) in [5.41, 5.74) is 1.51. The fraction of sp³-hybridized carbons (Fsp3) is 0.286. The number of hydrogen-bond donors (Lipinski definition) is 1. The highest BCUT2D eigenvalue weighted by molar-refractivity contribution is 8.00. The van der Waals surface area contributed by atoms with Crippen LogP contribution in [0, 0.1) is 5.82 Å². The minimum absolute atomic E-state index is 0.00515. The second kappa shape index (κ2) is 8.95. The number of carbonyl (C=O) groups is 1. The van der Waals surface area contributed by atoms with Crippen LogP contribution in [-0.2, 0) is 4.79 Å². The molecule has 4 nitrogen and oxygen atoms in total. The number of amides is 1. The van der Waals surface area contributed by atoms with Crippen molar-refractivity contribution in [2.24, 2.45) is 0 Å². The number of halogens is 1. The van der Waals surface area contributed by atoms with Crippen molar-refractivity contribution in [2.75, 3.05) is 5.75 Å². The SMILES string of the molecule is CCC[C@H](C)NC(=O)CSc1nnc(-c2ccc(F)cc2)c2ccccc12. The van der Waals surface area contributed by atoms with E-state index >= 15 is 0 Å². The van der Waals surface area contributed by atoms with Crippen molar-refractivity contribution >= 4 is 28.4 Å². The van der Waals surface area contributed by atoms with Gasteiger partial charge in [0.2, 0.25) is 5.91 Å². The first-order valence-electron chi connectivity index (χ1n) is 9.02. The van der Waals surface area contributed by atoms with Gasteiger partial charge in [0.05, 0.1) is 5.75 Å². The van der Waals surface area contributed by atoms with E-state index in [0.29, 0.717) is 11.4 Å². The van der Waals surface area contributed by atoms with Gasteiger partial charge in [0.1, 0.15) is 16.5 Å². The molecule has 1 aromatic heterocycles. The van der Waals surface area contributed by atoms with E-state index in [1.54, 1.807) is 12.1 Å². The van der Waals surface area contributed by atoms with Crippen molar-refractivity contribution in [1.29, 1.82) is 0 Å². The van der Waals surface area contributed by atoms with E-state index in [1.165, 1.54) is 23.9 Å². The summed E-state index contributed by atoms with van der Waals surface area (Å²) in [5.74, 6) is 0.00348. The van der Waals surface area contributed by atoms with E-state index in [-0.39, 0.29) is 17.8 Å². The van der Waals surface area contributed by atoms with Crippen LogP contribution in [0.2, 0.25) is 0 Å². The predicted octanol–water partition coefficient (Wildman–Crippen LogP) is 4.83. The molecule has 140 valence electrons. The Labute approximate surface area is 162 Å². The van der Waals surface area contributed by atoms with Crippen LogP contribution < -0.4 is 5.32 Å². The van der Waals surface area contributed by atoms with Crippen LogP contribution in [0.4, 0.5) is 4.39 Å². The molecule has 3 aromatic rings. The van der Waals surface area contributed by atoms with Crippen molar-refractivity contribution < 1.29 is 9.18 Å². The highest BCUT2D eigenvalue weighted by Crippen LogP contribution is 2.31. The molecule has 0 radical (unpaired) electrons. The molecule has 1 amide bonds. The van der Waals surface area contributed by atoms with Gasteiger partial charge in [0.25, 0.3) is 0 Å². The van der Waals surface area contributed by atoms with Crippen molar-refractivity contribution in [2.45, 2.75) is 37.8 Å². The van der Waals surface area contributed by atoms with E-state index in [2.05, 4.69) is 22.4 Å². The van der Waals surface area contributed by atoms with Gasteiger partial charge in [-0.2, -0.15) is 0 Å². The van der Waals surface area contributed by atoms with E-state index in [1.807, 2.05) is 31.2 Å². The van der Waals surface area contributed by atoms with Crippen molar-refractivity contribution in [3.8, 4) is 11.3 Å². The predicted molar refractivity (Wildman–Crippen MR) is 108 cm³/mol. The minimum Gasteiger partial charge on any atom is -0.353 e. The van der Waals surface area contributed by atoms with Crippen LogP contribution in [-0.4, -0.2) is 27.9 Å². The molecule has 0 saturated heterocycles. The molecule has 0 aliphatic carbocycles. The van der Waals surface area contributed by atoms with Gasteiger partial charge < -0.3 is 5.32 Å². The van der Waals surface area contributed by atoms with Gasteiger partial charge >= 0.3 is 0 Å². The van der Waals surface area contributed by atoms with Gasteiger partial charge in [0, 0.05) is 22.4 Å². The number of nitrogens with zero attached hydrogens (tertiary/aromatic N) is 2. The highest BCUT2D eigenvalue weighted by Gasteiger charge is 2.13. The number of nitrogens with one attached hydrogen (secondary N) is 1. The third-order valence-corrected chi connectivity index (χ3v) is 5.22. The molecule has 0 spiro atoms. The Kier molecular flexibility index (Phi) is 6.40. The standard InChI is InChI=1S/C21H22FN3OS/c1-3-6-14(2)23-19(26)13-27-21-18-8-5-4-7-17(18)20(24-25-21)15-9-11-16(22)12-10-15/h4-5,7-12,14H,3,6,13H2,1-2H3,(H,23,26)/t14-/m0/s1. The fourth-order valence-corrected chi connectivity index (χ4v) is 3.75. The van der Waals surface area contributed by atoms with E-state index in [9.17, 15) is 9.18 Å². The topological polar surface area (TPSA) is 54.9 Å². The van der Waals surface area contributed by atoms with Crippen molar-refractivity contribution in [1.82, 2.24) is 15.5 Å². The van der Waals surface area contributed by atoms with Crippen molar-refractivity contribution in [3.05, 3.63) is 54.3 Å². The zero-order valence-electron chi connectivity index (χ0n) is 15.4. The monoisotopic (exact) mass is 383 g/mol. The average molecular weight is 383 g/mol. The number of carbonyl (C=O) groups excluding carboxylic acids is 1. The molecule has 0 bridgehead atoms. The lowest BCUT2D eigenvalue weighted by Crippen LogP contribution is -2.33. The quantitative estimate of drug-likeness (QED) is 0.594. The summed E-state index contributed by atoms with van der Waals surface area (Å²) >= 11 is 1.38. The first-order valence-corrected chi connectivity index (χ1v) is 10.0. The summed E-state index contributed by atoms with van der Waals surface area (Å²) in [5, 5.41) is 14.3. The van der Waals surface area contributed by atoms with Crippen LogP contribution >= 0.6 is 11.8 Å². The van der Waals surface area contributed by atoms with E-state index in [0.717, 1.165) is 34.2 Å². The maximum absolute atomic E-state index is 13.2. The molecule has 0 aliphatic heterocycles. The normalized spacial score (nSPS) is 12.1. The van der Waals surface area contributed by atoms with Crippen molar-refractivity contribution in [3.63, 3.8) is 0 Å². The Morgan fingerprint density at radius 2 is 1.81 bits per heavy atom. The third kappa shape index (κ3) is 4.83. The number of fused-ring (bicyclic) bond motifs is 1. The molecule has 0 fully saturated rings. The average Bonchev–Trinajstić information content (AvgIpc) is 2.67. The molecular weight excluding hydrogens is 361 g/mol. The number of aromatic nitrogens is 2. The Hall–Kier alpha value is -2.47. The summed E-state index contributed by atoms with van der Waals surface area (Å²) < 4.78 is 13.2. The number of thioether (sulfide) groups is 1. The Bertz CT molecular complexity index is 930. The molecule has 3 rings (SSSR count). The highest BCUT2D eigenvalue weighted by atomic mass is 32.2. The molecule has 1 atom stereocenters. The molecule has 6 heteroatoms. The summed E-state index contributed by atoms with van der Waals surface area (Å²) in [7, 11) is 0. The molecular formula is C21H22FN3OS. The van der Waals surface area contributed by atoms with Crippen LogP contribution in [0.25, 0.3) is 22.0 Å². The zero-order chi connectivity index (χ0) is 19.2. The molecule has 1 heterocycles. The number of hydrogen-bond acceptors (Lipinski definition) is 4. The lowest BCUT2D eigenvalue weighted by molar-refractivity contribution is -0.119. The third-order valence-electron chi connectivity index (χ3n) is 4.24. The Balaban J connectivity index is 1.83. The molecule has 0 saturated carbocycles. The summed E-state index contributed by atoms with van der Waals surface area (Å²) in [6.45, 7) is 4.11. The van der Waals surface area contributed by atoms with E-state index < -0.39 is 0 Å². The number of benzene rings is 2. The van der Waals surface area contributed by atoms with Crippen LogP contribution in [0.1, 0.15) is 26.7 Å². The molecule has 27 heavy (non-hydrogen) atoms. The van der Waals surface area contributed by atoms with Crippen LogP contribution in [0.15, 0.2) is 53.6 Å². The lowest BCUT2D eigenvalue weighted by Gasteiger charge is -2.13. The summed E-state index contributed by atoms with van der Waals surface area (Å²) in [6, 6.07) is 14.2. The van der Waals surface area contributed by atoms with E-state index in [4.69, 9.17) is 0 Å². The maximum Gasteiger partial charge on any atom is 0.230 e.